The van der Waals surface area contributed by atoms with E-state index in [2.05, 4.69) is 16.9 Å². The van der Waals surface area contributed by atoms with Crippen molar-refractivity contribution < 1.29 is 19.1 Å². The van der Waals surface area contributed by atoms with Crippen molar-refractivity contribution in [2.45, 2.75) is 12.8 Å². The maximum Gasteiger partial charge on any atom is 0.337 e. The Morgan fingerprint density at radius 2 is 1.58 bits per heavy atom. The fourth-order valence-electron chi connectivity index (χ4n) is 5.20. The maximum atomic E-state index is 13.0. The standard InChI is InChI=1S/C19H17NO4/c1-24-18(23)10-2-4-11(5-3-10)20-16(21)14-12-6-7-13(15(14)17(20)22)19(12)8-9-19/h2-7,12-15H,8-9H2,1H3/t12-,13-,14+,15+/m1/s1. The van der Waals surface area contributed by atoms with Gasteiger partial charge in [0.25, 0.3) is 0 Å². The highest BCUT2D eigenvalue weighted by Crippen LogP contribution is 2.73. The van der Waals surface area contributed by atoms with Crippen LogP contribution in [0.5, 0.6) is 0 Å². The van der Waals surface area contributed by atoms with Gasteiger partial charge in [0.2, 0.25) is 11.8 Å². The van der Waals surface area contributed by atoms with Crippen LogP contribution in [0.25, 0.3) is 0 Å². The van der Waals surface area contributed by atoms with Gasteiger partial charge < -0.3 is 4.74 Å². The summed E-state index contributed by atoms with van der Waals surface area (Å²) in [6.45, 7) is 0. The maximum absolute atomic E-state index is 13.0. The van der Waals surface area contributed by atoms with E-state index in [0.717, 1.165) is 12.8 Å². The molecule has 1 spiro atoms. The highest BCUT2D eigenvalue weighted by Gasteiger charge is 2.73. The van der Waals surface area contributed by atoms with Crippen molar-refractivity contribution in [2.24, 2.45) is 29.1 Å². The van der Waals surface area contributed by atoms with Gasteiger partial charge in [0.05, 0.1) is 30.2 Å². The minimum atomic E-state index is -0.435. The zero-order chi connectivity index (χ0) is 16.6. The SMILES string of the molecule is COC(=O)c1ccc(N2C(=O)[C@@H]3[C@@H](C2=O)[C@H]2C=C[C@H]3C23CC3)cc1. The molecule has 1 saturated heterocycles. The summed E-state index contributed by atoms with van der Waals surface area (Å²) in [7, 11) is 1.32. The van der Waals surface area contributed by atoms with Crippen molar-refractivity contribution in [1.82, 2.24) is 0 Å². The summed E-state index contributed by atoms with van der Waals surface area (Å²) in [4.78, 5) is 38.8. The Labute approximate surface area is 139 Å². The molecule has 1 heterocycles. The summed E-state index contributed by atoms with van der Waals surface area (Å²) < 4.78 is 4.68. The number of imide groups is 1. The minimum Gasteiger partial charge on any atom is -0.465 e. The fraction of sp³-hybridized carbons (Fsp3) is 0.421. The molecule has 24 heavy (non-hydrogen) atoms. The molecule has 4 atom stereocenters. The zero-order valence-corrected chi connectivity index (χ0v) is 13.3. The lowest BCUT2D eigenvalue weighted by Gasteiger charge is -2.21. The number of esters is 1. The largest absolute Gasteiger partial charge is 0.465 e. The Morgan fingerprint density at radius 1 is 1.04 bits per heavy atom. The molecule has 0 N–H and O–H groups in total. The lowest BCUT2D eigenvalue weighted by atomic mass is 9.85. The van der Waals surface area contributed by atoms with Gasteiger partial charge in [0, 0.05) is 0 Å². The summed E-state index contributed by atoms with van der Waals surface area (Å²) in [5.74, 6) is -0.551. The molecule has 2 bridgehead atoms. The summed E-state index contributed by atoms with van der Waals surface area (Å²) >= 11 is 0. The van der Waals surface area contributed by atoms with Gasteiger partial charge in [-0.3, -0.25) is 14.5 Å². The number of allylic oxidation sites excluding steroid dienone is 2. The number of hydrogen-bond donors (Lipinski definition) is 0. The molecule has 5 rings (SSSR count). The van der Waals surface area contributed by atoms with Gasteiger partial charge in [-0.2, -0.15) is 0 Å². The third kappa shape index (κ3) is 1.48. The van der Waals surface area contributed by atoms with E-state index >= 15 is 0 Å². The van der Waals surface area contributed by atoms with Crippen molar-refractivity contribution in [2.75, 3.05) is 12.0 Å². The smallest absolute Gasteiger partial charge is 0.337 e. The van der Waals surface area contributed by atoms with E-state index in [1.807, 2.05) is 0 Å². The summed E-state index contributed by atoms with van der Waals surface area (Å²) in [5, 5.41) is 0. The van der Waals surface area contributed by atoms with Gasteiger partial charge in [-0.25, -0.2) is 4.79 Å². The Bertz CT molecular complexity index is 771. The van der Waals surface area contributed by atoms with E-state index in [-0.39, 0.29) is 40.9 Å². The second kappa shape index (κ2) is 4.35. The lowest BCUT2D eigenvalue weighted by Crippen LogP contribution is -2.34. The quantitative estimate of drug-likeness (QED) is 0.475. The van der Waals surface area contributed by atoms with Crippen LogP contribution in [0.2, 0.25) is 0 Å². The van der Waals surface area contributed by atoms with Gasteiger partial charge in [-0.05, 0) is 54.4 Å². The lowest BCUT2D eigenvalue weighted by molar-refractivity contribution is -0.123. The average molecular weight is 323 g/mol. The molecule has 4 aliphatic rings. The van der Waals surface area contributed by atoms with Gasteiger partial charge in [-0.15, -0.1) is 0 Å². The molecule has 1 aromatic carbocycles. The summed E-state index contributed by atoms with van der Waals surface area (Å²) in [6.07, 6.45) is 6.59. The number of anilines is 1. The number of nitrogens with zero attached hydrogens (tertiary/aromatic N) is 1. The molecular formula is C19H17NO4. The van der Waals surface area contributed by atoms with Crippen molar-refractivity contribution >= 4 is 23.5 Å². The molecule has 1 aliphatic heterocycles. The first-order chi connectivity index (χ1) is 11.6. The van der Waals surface area contributed by atoms with E-state index in [1.165, 1.54) is 12.0 Å². The number of carbonyl (C=O) groups excluding carboxylic acids is 3. The summed E-state index contributed by atoms with van der Waals surface area (Å²) in [5.41, 5.74) is 1.15. The van der Waals surface area contributed by atoms with Gasteiger partial charge in [0.1, 0.15) is 0 Å². The predicted molar refractivity (Wildman–Crippen MR) is 85.0 cm³/mol. The van der Waals surface area contributed by atoms with E-state index in [9.17, 15) is 14.4 Å². The minimum absolute atomic E-state index is 0.0843. The topological polar surface area (TPSA) is 63.7 Å². The normalized spacial score (nSPS) is 34.1. The van der Waals surface area contributed by atoms with Crippen LogP contribution in [0.3, 0.4) is 0 Å². The molecule has 122 valence electrons. The van der Waals surface area contributed by atoms with E-state index in [4.69, 9.17) is 0 Å². The Kier molecular flexibility index (Phi) is 2.53. The molecule has 5 heteroatoms. The number of hydrogen-bond acceptors (Lipinski definition) is 4. The number of benzene rings is 1. The van der Waals surface area contributed by atoms with Crippen molar-refractivity contribution in [3.63, 3.8) is 0 Å². The zero-order valence-electron chi connectivity index (χ0n) is 13.3. The van der Waals surface area contributed by atoms with E-state index in [0.29, 0.717) is 11.3 Å². The van der Waals surface area contributed by atoms with Gasteiger partial charge in [0.15, 0.2) is 0 Å². The molecule has 0 radical (unpaired) electrons. The Morgan fingerprint density at radius 3 is 2.04 bits per heavy atom. The number of ether oxygens (including phenoxy) is 1. The van der Waals surface area contributed by atoms with Crippen LogP contribution in [0, 0.1) is 29.1 Å². The molecule has 5 nitrogen and oxygen atoms in total. The summed E-state index contributed by atoms with van der Waals surface area (Å²) in [6, 6.07) is 6.47. The average Bonchev–Trinajstić information content (AvgIpc) is 3.20. The predicted octanol–water partition coefficient (Wildman–Crippen LogP) is 2.17. The van der Waals surface area contributed by atoms with Crippen LogP contribution in [0.1, 0.15) is 23.2 Å². The first-order valence-electron chi connectivity index (χ1n) is 8.33. The Balaban J connectivity index is 1.48. The van der Waals surface area contributed by atoms with E-state index < -0.39 is 5.97 Å². The van der Waals surface area contributed by atoms with Crippen LogP contribution in [-0.4, -0.2) is 24.9 Å². The first kappa shape index (κ1) is 14.0. The molecular weight excluding hydrogens is 306 g/mol. The number of amides is 2. The second-order valence-electron chi connectivity index (χ2n) is 7.27. The third-order valence-electron chi connectivity index (χ3n) is 6.40. The van der Waals surface area contributed by atoms with Crippen LogP contribution < -0.4 is 4.90 Å². The molecule has 2 saturated carbocycles. The molecule has 3 fully saturated rings. The number of methoxy groups -OCH3 is 1. The molecule has 1 aromatic rings. The molecule has 2 amide bonds. The number of fused-ring (bicyclic) bond motifs is 3. The van der Waals surface area contributed by atoms with Gasteiger partial charge in [-0.1, -0.05) is 12.2 Å². The monoisotopic (exact) mass is 323 g/mol. The van der Waals surface area contributed by atoms with Gasteiger partial charge >= 0.3 is 5.97 Å². The Hall–Kier alpha value is -2.43. The van der Waals surface area contributed by atoms with Crippen LogP contribution in [-0.2, 0) is 14.3 Å². The molecule has 0 unspecified atom stereocenters. The molecule has 3 aliphatic carbocycles. The van der Waals surface area contributed by atoms with Crippen molar-refractivity contribution in [3.8, 4) is 0 Å². The van der Waals surface area contributed by atoms with Crippen molar-refractivity contribution in [3.05, 3.63) is 42.0 Å². The fourth-order valence-corrected chi connectivity index (χ4v) is 5.20. The second-order valence-corrected chi connectivity index (χ2v) is 7.27. The van der Waals surface area contributed by atoms with Crippen LogP contribution >= 0.6 is 0 Å². The van der Waals surface area contributed by atoms with Crippen LogP contribution in [0.4, 0.5) is 5.69 Å². The van der Waals surface area contributed by atoms with E-state index in [1.54, 1.807) is 24.3 Å². The molecule has 0 aromatic heterocycles. The highest BCUT2D eigenvalue weighted by atomic mass is 16.5. The number of carbonyl (C=O) groups is 3. The first-order valence-corrected chi connectivity index (χ1v) is 8.33. The highest BCUT2D eigenvalue weighted by molar-refractivity contribution is 6.23. The van der Waals surface area contributed by atoms with Crippen molar-refractivity contribution in [1.29, 1.82) is 0 Å². The third-order valence-corrected chi connectivity index (χ3v) is 6.40. The number of rotatable bonds is 2. The van der Waals surface area contributed by atoms with Crippen LogP contribution in [0.15, 0.2) is 36.4 Å².